The van der Waals surface area contributed by atoms with Gasteiger partial charge in [0, 0.05) is 40.7 Å². The lowest BCUT2D eigenvalue weighted by Crippen LogP contribution is -2.41. The van der Waals surface area contributed by atoms with Crippen molar-refractivity contribution in [1.82, 2.24) is 0 Å². The van der Waals surface area contributed by atoms with Gasteiger partial charge in [-0.25, -0.2) is 9.69 Å². The highest BCUT2D eigenvalue weighted by Crippen LogP contribution is 2.55. The molecule has 43 heavy (non-hydrogen) atoms. The first-order chi connectivity index (χ1) is 20.5. The van der Waals surface area contributed by atoms with Crippen molar-refractivity contribution < 1.29 is 44.0 Å². The maximum absolute atomic E-state index is 14.0. The highest BCUT2D eigenvalue weighted by atomic mass is 16.5. The number of carboxylic acid groups (broad SMARTS) is 1. The van der Waals surface area contributed by atoms with Crippen LogP contribution < -0.4 is 9.64 Å². The monoisotopic (exact) mass is 579 g/mol. The van der Waals surface area contributed by atoms with Crippen molar-refractivity contribution in [1.29, 1.82) is 0 Å². The molecule has 4 atom stereocenters. The molecular formula is C33H25NO9. The number of Topliss-reactive ketones (excluding diaryl/α,β-unsaturated/α-hetero) is 1. The molecule has 4 unspecified atom stereocenters. The minimum atomic E-state index is -1.35. The predicted octanol–water partition coefficient (Wildman–Crippen LogP) is 3.78. The number of carbonyl (C=O) groups is 5. The summed E-state index contributed by atoms with van der Waals surface area (Å²) in [5, 5.41) is 29.6. The molecule has 2 amide bonds. The van der Waals surface area contributed by atoms with Gasteiger partial charge in [0.2, 0.25) is 11.8 Å². The minimum Gasteiger partial charge on any atom is -0.508 e. The molecule has 1 saturated heterocycles. The third-order valence-corrected chi connectivity index (χ3v) is 9.18. The summed E-state index contributed by atoms with van der Waals surface area (Å²) in [5.74, 6) is -5.65. The van der Waals surface area contributed by atoms with Crippen LogP contribution in [-0.4, -0.2) is 44.7 Å². The molecule has 0 bridgehead atoms. The van der Waals surface area contributed by atoms with E-state index in [1.807, 2.05) is 6.08 Å². The third-order valence-electron chi connectivity index (χ3n) is 9.18. The van der Waals surface area contributed by atoms with Gasteiger partial charge in [0.1, 0.15) is 22.8 Å². The Labute approximate surface area is 244 Å². The van der Waals surface area contributed by atoms with Gasteiger partial charge >= 0.3 is 5.97 Å². The van der Waals surface area contributed by atoms with Crippen molar-refractivity contribution in [3.63, 3.8) is 0 Å². The lowest BCUT2D eigenvalue weighted by Gasteiger charge is -2.43. The Kier molecular flexibility index (Phi) is 5.81. The molecular weight excluding hydrogens is 554 g/mol. The number of amides is 2. The number of benzene rings is 2. The summed E-state index contributed by atoms with van der Waals surface area (Å²) in [4.78, 5) is 67.0. The van der Waals surface area contributed by atoms with Gasteiger partial charge < -0.3 is 20.1 Å². The van der Waals surface area contributed by atoms with Crippen LogP contribution in [0.3, 0.4) is 0 Å². The number of imide groups is 1. The lowest BCUT2D eigenvalue weighted by atomic mass is 9.58. The highest BCUT2D eigenvalue weighted by molar-refractivity contribution is 6.25. The first-order valence-corrected chi connectivity index (χ1v) is 13.9. The van der Waals surface area contributed by atoms with Gasteiger partial charge in [0.15, 0.2) is 11.6 Å². The van der Waals surface area contributed by atoms with Crippen molar-refractivity contribution in [2.75, 3.05) is 4.90 Å². The number of allylic oxidation sites excluding steroid dienone is 7. The zero-order chi connectivity index (χ0) is 30.3. The van der Waals surface area contributed by atoms with E-state index in [1.54, 1.807) is 25.3 Å². The van der Waals surface area contributed by atoms with E-state index in [9.17, 15) is 39.3 Å². The van der Waals surface area contributed by atoms with Crippen LogP contribution in [0.5, 0.6) is 17.2 Å². The molecule has 10 heteroatoms. The second-order valence-electron chi connectivity index (χ2n) is 11.5. The van der Waals surface area contributed by atoms with Gasteiger partial charge in [0.05, 0.1) is 23.8 Å². The predicted molar refractivity (Wildman–Crippen MR) is 150 cm³/mol. The summed E-state index contributed by atoms with van der Waals surface area (Å²) in [6.45, 7) is 1.60. The summed E-state index contributed by atoms with van der Waals surface area (Å²) >= 11 is 0. The number of anilines is 1. The Morgan fingerprint density at radius 1 is 1.00 bits per heavy atom. The lowest BCUT2D eigenvalue weighted by molar-refractivity contribution is -0.123. The number of rotatable bonds is 3. The van der Waals surface area contributed by atoms with Crippen LogP contribution in [0.15, 0.2) is 82.7 Å². The Bertz CT molecular complexity index is 1840. The van der Waals surface area contributed by atoms with Crippen LogP contribution in [0.4, 0.5) is 5.69 Å². The number of carbonyl (C=O) groups excluding carboxylic acids is 4. The van der Waals surface area contributed by atoms with E-state index in [4.69, 9.17) is 4.74 Å². The number of nitrogens with zero attached hydrogens (tertiary/aromatic N) is 1. The normalized spacial score (nSPS) is 26.1. The Balaban J connectivity index is 1.31. The summed E-state index contributed by atoms with van der Waals surface area (Å²) in [7, 11) is 0. The number of phenolic OH excluding ortho intramolecular Hbond substituents is 1. The first kappa shape index (κ1) is 26.6. The Morgan fingerprint density at radius 3 is 2.53 bits per heavy atom. The molecule has 2 aromatic rings. The first-order valence-electron chi connectivity index (χ1n) is 13.9. The van der Waals surface area contributed by atoms with Crippen LogP contribution >= 0.6 is 0 Å². The Morgan fingerprint density at radius 2 is 1.79 bits per heavy atom. The number of ketones is 2. The molecule has 2 aromatic carbocycles. The molecule has 0 aromatic heterocycles. The van der Waals surface area contributed by atoms with Crippen LogP contribution in [0.1, 0.15) is 35.7 Å². The summed E-state index contributed by atoms with van der Waals surface area (Å²) in [6.07, 6.45) is 5.43. The molecule has 10 nitrogen and oxygen atoms in total. The average Bonchev–Trinajstić information content (AvgIpc) is 3.23. The van der Waals surface area contributed by atoms with Gasteiger partial charge in [-0.3, -0.25) is 19.2 Å². The van der Waals surface area contributed by atoms with Crippen molar-refractivity contribution in [2.24, 2.45) is 23.7 Å². The van der Waals surface area contributed by atoms with Gasteiger partial charge in [-0.1, -0.05) is 11.6 Å². The molecule has 7 rings (SSSR count). The van der Waals surface area contributed by atoms with Gasteiger partial charge in [-0.15, -0.1) is 0 Å². The molecule has 1 fully saturated rings. The Hall–Kier alpha value is -5.25. The second kappa shape index (κ2) is 9.38. The fourth-order valence-corrected chi connectivity index (χ4v) is 7.27. The number of aromatic carboxylic acids is 1. The zero-order valence-corrected chi connectivity index (χ0v) is 22.9. The number of ether oxygens (including phenoxy) is 1. The maximum atomic E-state index is 14.0. The van der Waals surface area contributed by atoms with Crippen LogP contribution in [-0.2, 0) is 25.6 Å². The molecule has 0 radical (unpaired) electrons. The topological polar surface area (TPSA) is 159 Å². The minimum absolute atomic E-state index is 0.0583. The summed E-state index contributed by atoms with van der Waals surface area (Å²) < 4.78 is 5.90. The molecule has 0 saturated carbocycles. The molecule has 0 spiro atoms. The fourth-order valence-electron chi connectivity index (χ4n) is 7.27. The highest BCUT2D eigenvalue weighted by Gasteiger charge is 2.57. The van der Waals surface area contributed by atoms with E-state index >= 15 is 0 Å². The van der Waals surface area contributed by atoms with E-state index in [1.165, 1.54) is 18.2 Å². The standard InChI is InChI=1S/C33H25NO9/c1-14-8-24(36)23-12-22-19(27(29(23)30(14)38)16-9-15-10-18(35)3-7-26(15)43-13-16)5-6-21-28(22)32(40)34(31(21)39)17-2-4-20(33(41)42)25(37)11-17/h2-5,7-8,10-11,13,21-22,27-28,35,37H,6,9,12H2,1H3,(H,41,42). The van der Waals surface area contributed by atoms with Crippen molar-refractivity contribution in [3.05, 3.63) is 93.8 Å². The zero-order valence-electron chi connectivity index (χ0n) is 22.9. The van der Waals surface area contributed by atoms with Crippen molar-refractivity contribution >= 4 is 35.0 Å². The van der Waals surface area contributed by atoms with Gasteiger partial charge in [-0.2, -0.15) is 0 Å². The van der Waals surface area contributed by atoms with Crippen LogP contribution in [0.25, 0.3) is 0 Å². The maximum Gasteiger partial charge on any atom is 0.339 e. The molecule has 5 aliphatic rings. The number of aromatic hydroxyl groups is 2. The largest absolute Gasteiger partial charge is 0.508 e. The summed E-state index contributed by atoms with van der Waals surface area (Å²) in [6, 6.07) is 8.28. The van der Waals surface area contributed by atoms with E-state index in [-0.39, 0.29) is 41.4 Å². The number of hydrogen-bond acceptors (Lipinski definition) is 8. The van der Waals surface area contributed by atoms with E-state index in [0.717, 1.165) is 22.6 Å². The number of phenols is 2. The van der Waals surface area contributed by atoms with E-state index < -0.39 is 47.2 Å². The molecule has 2 aliphatic heterocycles. The summed E-state index contributed by atoms with van der Waals surface area (Å²) in [5.41, 5.74) is 2.85. The number of fused-ring (bicyclic) bond motifs is 4. The molecule has 3 aliphatic carbocycles. The SMILES string of the molecule is CC1=CC(=O)C2=C(C1=O)C(C1=COc3ccc(O)cc3C1)C1=CCC3C(=O)N(c4ccc(C(=O)O)c(O)c4)C(=O)C3C1C2. The van der Waals surface area contributed by atoms with Crippen LogP contribution in [0, 0.1) is 23.7 Å². The number of hydrogen-bond donors (Lipinski definition) is 3. The van der Waals surface area contributed by atoms with Crippen LogP contribution in [0.2, 0.25) is 0 Å². The molecule has 216 valence electrons. The molecule has 3 N–H and O–H groups in total. The van der Waals surface area contributed by atoms with Gasteiger partial charge in [0.25, 0.3) is 0 Å². The fraction of sp³-hybridized carbons (Fsp3) is 0.242. The quantitative estimate of drug-likeness (QED) is 0.279. The van der Waals surface area contributed by atoms with E-state index in [0.29, 0.717) is 40.0 Å². The van der Waals surface area contributed by atoms with E-state index in [2.05, 4.69) is 0 Å². The molecule has 2 heterocycles. The average molecular weight is 580 g/mol. The third kappa shape index (κ3) is 3.89. The van der Waals surface area contributed by atoms with Crippen molar-refractivity contribution in [3.8, 4) is 17.2 Å². The van der Waals surface area contributed by atoms with Gasteiger partial charge in [-0.05, 0) is 67.7 Å². The second-order valence-corrected chi connectivity index (χ2v) is 11.5. The van der Waals surface area contributed by atoms with Crippen molar-refractivity contribution in [2.45, 2.75) is 26.2 Å². The smallest absolute Gasteiger partial charge is 0.339 e. The number of carboxylic acids is 1.